The van der Waals surface area contributed by atoms with E-state index < -0.39 is 0 Å². The molecule has 0 spiro atoms. The number of nitrogens with zero attached hydrogens (tertiary/aromatic N) is 2. The number of fused-ring (bicyclic) bond motifs is 14. The third-order valence-electron chi connectivity index (χ3n) is 10.5. The molecule has 0 bridgehead atoms. The number of aromatic nitrogens is 2. The van der Waals surface area contributed by atoms with Gasteiger partial charge in [0.2, 0.25) is 0 Å². The molecule has 0 aliphatic carbocycles. The van der Waals surface area contributed by atoms with Crippen molar-refractivity contribution >= 4 is 83.3 Å². The zero-order chi connectivity index (χ0) is 28.7. The molecule has 3 aromatic heterocycles. The van der Waals surface area contributed by atoms with Crippen LogP contribution in [0, 0.1) is 0 Å². The second-order valence-electron chi connectivity index (χ2n) is 12.7. The maximum Gasteiger partial charge on any atom is 0.333 e. The van der Waals surface area contributed by atoms with Gasteiger partial charge in [0.05, 0.1) is 22.1 Å². The molecule has 9 aromatic rings. The van der Waals surface area contributed by atoms with Crippen LogP contribution in [-0.2, 0) is 6.42 Å². The van der Waals surface area contributed by atoms with Gasteiger partial charge in [-0.2, -0.15) is 0 Å². The van der Waals surface area contributed by atoms with E-state index in [9.17, 15) is 0 Å². The Morgan fingerprint density at radius 1 is 0.636 bits per heavy atom. The lowest BCUT2D eigenvalue weighted by atomic mass is 9.45. The number of furan rings is 1. The van der Waals surface area contributed by atoms with Crippen molar-refractivity contribution in [3.63, 3.8) is 0 Å². The fourth-order valence-electron chi connectivity index (χ4n) is 8.71. The van der Waals surface area contributed by atoms with Crippen LogP contribution < -0.4 is 10.9 Å². The summed E-state index contributed by atoms with van der Waals surface area (Å²) in [5.41, 5.74) is 15.1. The molecule has 0 fully saturated rings. The molecule has 2 aliphatic heterocycles. The number of unbranched alkanes of at least 4 members (excludes halogenated alkanes) is 1. The molecule has 0 saturated heterocycles. The number of hydrogen-bond acceptors (Lipinski definition) is 1. The first-order valence-corrected chi connectivity index (χ1v) is 15.9. The summed E-state index contributed by atoms with van der Waals surface area (Å²) < 4.78 is 11.9. The molecule has 0 atom stereocenters. The maximum atomic E-state index is 6.68. The first kappa shape index (κ1) is 23.3. The summed E-state index contributed by atoms with van der Waals surface area (Å²) >= 11 is 0. The second kappa shape index (κ2) is 8.03. The minimum atomic E-state index is 0.0513. The van der Waals surface area contributed by atoms with Crippen molar-refractivity contribution in [2.75, 3.05) is 0 Å². The van der Waals surface area contributed by atoms with E-state index >= 15 is 0 Å². The molecule has 206 valence electrons. The van der Waals surface area contributed by atoms with E-state index in [-0.39, 0.29) is 6.85 Å². The molecule has 6 aromatic carbocycles. The average molecular weight is 562 g/mol. The van der Waals surface area contributed by atoms with E-state index in [4.69, 9.17) is 4.42 Å². The Morgan fingerprint density at radius 3 is 2.34 bits per heavy atom. The molecule has 0 unspecified atom stereocenters. The number of aryl methyl sites for hydroxylation is 1. The first-order valence-electron chi connectivity index (χ1n) is 15.9. The van der Waals surface area contributed by atoms with Crippen molar-refractivity contribution in [2.24, 2.45) is 0 Å². The summed E-state index contributed by atoms with van der Waals surface area (Å²) in [6, 6.07) is 40.8. The molecule has 2 aliphatic rings. The number of hydrogen-bond donors (Lipinski definition) is 0. The van der Waals surface area contributed by atoms with Gasteiger partial charge in [0.25, 0.3) is 0 Å². The van der Waals surface area contributed by atoms with Gasteiger partial charge in [-0.1, -0.05) is 92.2 Å². The highest BCUT2D eigenvalue weighted by atomic mass is 16.3. The van der Waals surface area contributed by atoms with Crippen molar-refractivity contribution < 1.29 is 4.42 Å². The van der Waals surface area contributed by atoms with E-state index in [0.29, 0.717) is 0 Å². The van der Waals surface area contributed by atoms with Crippen LogP contribution in [0.15, 0.2) is 114 Å². The van der Waals surface area contributed by atoms with Crippen LogP contribution in [0.4, 0.5) is 0 Å². The highest BCUT2D eigenvalue weighted by Gasteiger charge is 2.42. The topological polar surface area (TPSA) is 23.0 Å². The molecule has 0 N–H and O–H groups in total. The Hall–Kier alpha value is -5.22. The van der Waals surface area contributed by atoms with E-state index in [1.54, 1.807) is 0 Å². The lowest BCUT2D eigenvalue weighted by Gasteiger charge is -2.34. The van der Waals surface area contributed by atoms with Crippen molar-refractivity contribution in [2.45, 2.75) is 26.2 Å². The van der Waals surface area contributed by atoms with Crippen LogP contribution in [-0.4, -0.2) is 15.9 Å². The van der Waals surface area contributed by atoms with Crippen LogP contribution in [0.1, 0.15) is 25.3 Å². The highest BCUT2D eigenvalue weighted by molar-refractivity contribution is 6.90. The average Bonchev–Trinajstić information content (AvgIpc) is 3.72. The monoisotopic (exact) mass is 562 g/mol. The Balaban J connectivity index is 1.41. The van der Waals surface area contributed by atoms with Crippen molar-refractivity contribution in [3.8, 4) is 16.8 Å². The SMILES string of the molecule is CCCCc1ccc2c(c1)c1cccc3c1n2-c1c2c(cc4oc5ccccc5c14)-c1cccc4c5ccccc5n(c14)B23. The summed E-state index contributed by atoms with van der Waals surface area (Å²) in [6.07, 6.45) is 3.52. The van der Waals surface area contributed by atoms with Crippen LogP contribution in [0.5, 0.6) is 0 Å². The van der Waals surface area contributed by atoms with Gasteiger partial charge >= 0.3 is 6.85 Å². The first-order chi connectivity index (χ1) is 21.8. The molecular weight excluding hydrogens is 535 g/mol. The largest absolute Gasteiger partial charge is 0.456 e. The third kappa shape index (κ3) is 2.63. The Labute approximate surface area is 254 Å². The Kier molecular flexibility index (Phi) is 4.25. The second-order valence-corrected chi connectivity index (χ2v) is 12.7. The standard InChI is InChI=1S/C40H27BN2O/c1-2-3-10-23-19-20-32-29(21-23)26-15-9-16-31-39(26)42(32)40-36-28-12-5-7-18-34(28)44-35(36)22-30-27-14-8-13-25-24-11-4-6-17-33(24)43(38(25)27)41(31)37(30)40/h4-9,11-22H,2-3,10H2,1H3. The van der Waals surface area contributed by atoms with Crippen molar-refractivity contribution in [1.82, 2.24) is 9.05 Å². The van der Waals surface area contributed by atoms with Crippen LogP contribution in [0.25, 0.3) is 82.4 Å². The van der Waals surface area contributed by atoms with Gasteiger partial charge in [-0.25, -0.2) is 0 Å². The molecule has 4 heteroatoms. The predicted octanol–water partition coefficient (Wildman–Crippen LogP) is 9.08. The zero-order valence-electron chi connectivity index (χ0n) is 24.4. The van der Waals surface area contributed by atoms with E-state index in [2.05, 4.69) is 125 Å². The van der Waals surface area contributed by atoms with Crippen molar-refractivity contribution in [1.29, 1.82) is 0 Å². The van der Waals surface area contributed by atoms with Gasteiger partial charge in [0, 0.05) is 43.5 Å². The summed E-state index contributed by atoms with van der Waals surface area (Å²) in [5.74, 6) is 0. The van der Waals surface area contributed by atoms with Crippen LogP contribution >= 0.6 is 0 Å². The molecule has 0 saturated carbocycles. The minimum absolute atomic E-state index is 0.0513. The van der Waals surface area contributed by atoms with Gasteiger partial charge in [-0.3, -0.25) is 0 Å². The van der Waals surface area contributed by atoms with E-state index in [1.807, 2.05) is 0 Å². The van der Waals surface area contributed by atoms with Gasteiger partial charge in [-0.15, -0.1) is 0 Å². The number of para-hydroxylation sites is 4. The van der Waals surface area contributed by atoms with E-state index in [0.717, 1.165) is 17.6 Å². The fraction of sp³-hybridized carbons (Fsp3) is 0.100. The van der Waals surface area contributed by atoms with Crippen LogP contribution in [0.2, 0.25) is 0 Å². The zero-order valence-corrected chi connectivity index (χ0v) is 24.4. The summed E-state index contributed by atoms with van der Waals surface area (Å²) in [4.78, 5) is 0. The number of benzene rings is 6. The highest BCUT2D eigenvalue weighted by Crippen LogP contribution is 2.46. The molecule has 11 rings (SSSR count). The summed E-state index contributed by atoms with van der Waals surface area (Å²) in [6.45, 7) is 2.32. The fourth-order valence-corrected chi connectivity index (χ4v) is 8.71. The third-order valence-corrected chi connectivity index (χ3v) is 10.5. The lowest BCUT2D eigenvalue weighted by molar-refractivity contribution is 0.669. The van der Waals surface area contributed by atoms with Gasteiger partial charge in [0.15, 0.2) is 0 Å². The summed E-state index contributed by atoms with van der Waals surface area (Å²) in [7, 11) is 0. The van der Waals surface area contributed by atoms with Gasteiger partial charge < -0.3 is 13.5 Å². The van der Waals surface area contributed by atoms with Crippen LogP contribution in [0.3, 0.4) is 0 Å². The predicted molar refractivity (Wildman–Crippen MR) is 186 cm³/mol. The van der Waals surface area contributed by atoms with E-state index in [1.165, 1.54) is 101 Å². The maximum absolute atomic E-state index is 6.68. The lowest BCUT2D eigenvalue weighted by Crippen LogP contribution is -2.55. The number of rotatable bonds is 3. The molecule has 0 amide bonds. The Bertz CT molecular complexity index is 2720. The molecule has 44 heavy (non-hydrogen) atoms. The quantitative estimate of drug-likeness (QED) is 0.197. The smallest absolute Gasteiger partial charge is 0.333 e. The van der Waals surface area contributed by atoms with Crippen molar-refractivity contribution in [3.05, 3.63) is 115 Å². The normalized spacial score (nSPS) is 13.3. The molecule has 3 nitrogen and oxygen atoms in total. The molecule has 5 heterocycles. The molecular formula is C40H27BN2O. The minimum Gasteiger partial charge on any atom is -0.456 e. The Morgan fingerprint density at radius 2 is 1.43 bits per heavy atom. The summed E-state index contributed by atoms with van der Waals surface area (Å²) in [5, 5.41) is 7.68. The van der Waals surface area contributed by atoms with Gasteiger partial charge in [-0.05, 0) is 65.2 Å². The van der Waals surface area contributed by atoms with Gasteiger partial charge in [0.1, 0.15) is 11.2 Å². The molecule has 0 radical (unpaired) electrons.